The normalized spacial score (nSPS) is 17.0. The SMILES string of the molecule is Cc1cc(N)nc(C[C@@H]2CNC[C@@H]2OCCN(CCc2cccc(F)c2)C(=O)OCc2ccccc2)c1. The van der Waals surface area contributed by atoms with Gasteiger partial charge >= 0.3 is 6.09 Å². The summed E-state index contributed by atoms with van der Waals surface area (Å²) >= 11 is 0. The molecule has 3 N–H and O–H groups in total. The van der Waals surface area contributed by atoms with Gasteiger partial charge < -0.3 is 25.4 Å². The molecule has 1 amide bonds. The molecule has 0 saturated carbocycles. The first kappa shape index (κ1) is 26.6. The maximum Gasteiger partial charge on any atom is 0.410 e. The van der Waals surface area contributed by atoms with Gasteiger partial charge in [-0.1, -0.05) is 42.5 Å². The summed E-state index contributed by atoms with van der Waals surface area (Å²) < 4.78 is 25.4. The number of anilines is 1. The molecule has 37 heavy (non-hydrogen) atoms. The third-order valence-corrected chi connectivity index (χ3v) is 6.51. The van der Waals surface area contributed by atoms with Crippen LogP contribution in [0.5, 0.6) is 0 Å². The molecule has 196 valence electrons. The monoisotopic (exact) mass is 506 g/mol. The number of carbonyl (C=O) groups is 1. The Bertz CT molecular complexity index is 1140. The van der Waals surface area contributed by atoms with E-state index >= 15 is 0 Å². The van der Waals surface area contributed by atoms with E-state index in [4.69, 9.17) is 15.2 Å². The van der Waals surface area contributed by atoms with Gasteiger partial charge in [0, 0.05) is 37.8 Å². The van der Waals surface area contributed by atoms with E-state index in [1.165, 1.54) is 12.1 Å². The summed E-state index contributed by atoms with van der Waals surface area (Å²) in [6, 6.07) is 19.9. The zero-order chi connectivity index (χ0) is 26.0. The van der Waals surface area contributed by atoms with Crippen LogP contribution in [-0.4, -0.2) is 54.9 Å². The minimum Gasteiger partial charge on any atom is -0.445 e. The third-order valence-electron chi connectivity index (χ3n) is 6.51. The van der Waals surface area contributed by atoms with Crippen LogP contribution >= 0.6 is 0 Å². The number of ether oxygens (including phenoxy) is 2. The Kier molecular flexibility index (Phi) is 9.46. The van der Waals surface area contributed by atoms with E-state index in [0.29, 0.717) is 31.9 Å². The highest BCUT2D eigenvalue weighted by molar-refractivity contribution is 5.67. The first-order valence-corrected chi connectivity index (χ1v) is 12.7. The van der Waals surface area contributed by atoms with Crippen LogP contribution in [0.4, 0.5) is 15.0 Å². The largest absolute Gasteiger partial charge is 0.445 e. The Morgan fingerprint density at radius 2 is 1.89 bits per heavy atom. The van der Waals surface area contributed by atoms with Crippen molar-refractivity contribution in [2.24, 2.45) is 5.92 Å². The van der Waals surface area contributed by atoms with E-state index in [0.717, 1.165) is 41.9 Å². The molecule has 1 saturated heterocycles. The van der Waals surface area contributed by atoms with Gasteiger partial charge in [-0.15, -0.1) is 0 Å². The zero-order valence-electron chi connectivity index (χ0n) is 21.2. The Morgan fingerprint density at radius 3 is 2.68 bits per heavy atom. The average molecular weight is 507 g/mol. The van der Waals surface area contributed by atoms with Crippen molar-refractivity contribution in [3.8, 4) is 0 Å². The number of amides is 1. The first-order valence-electron chi connectivity index (χ1n) is 12.7. The second-order valence-corrected chi connectivity index (χ2v) is 9.50. The van der Waals surface area contributed by atoms with Crippen molar-refractivity contribution >= 4 is 11.9 Å². The molecule has 2 atom stereocenters. The maximum atomic E-state index is 13.6. The van der Waals surface area contributed by atoms with Crippen molar-refractivity contribution in [3.63, 3.8) is 0 Å². The summed E-state index contributed by atoms with van der Waals surface area (Å²) in [4.78, 5) is 19.0. The molecule has 0 bridgehead atoms. The molecule has 3 aromatic rings. The van der Waals surface area contributed by atoms with Gasteiger partial charge in [0.15, 0.2) is 0 Å². The number of benzene rings is 2. The molecule has 1 aliphatic heterocycles. The number of nitrogen functional groups attached to an aromatic ring is 1. The number of nitrogens with two attached hydrogens (primary N) is 1. The number of pyridine rings is 1. The summed E-state index contributed by atoms with van der Waals surface area (Å²) in [6.45, 7) is 4.93. The fourth-order valence-electron chi connectivity index (χ4n) is 4.62. The van der Waals surface area contributed by atoms with Crippen molar-refractivity contribution in [3.05, 3.63) is 94.9 Å². The minimum atomic E-state index is -0.413. The van der Waals surface area contributed by atoms with Gasteiger partial charge in [0.2, 0.25) is 0 Å². The van der Waals surface area contributed by atoms with Gasteiger partial charge in [-0.25, -0.2) is 14.2 Å². The number of halogens is 1. The number of carbonyl (C=O) groups excluding carboxylic acids is 1. The van der Waals surface area contributed by atoms with Gasteiger partial charge in [-0.05, 0) is 60.7 Å². The van der Waals surface area contributed by atoms with Gasteiger partial charge in [0.05, 0.1) is 12.7 Å². The van der Waals surface area contributed by atoms with Gasteiger partial charge in [-0.3, -0.25) is 0 Å². The predicted octanol–water partition coefficient (Wildman–Crippen LogP) is 4.14. The Labute approximate surface area is 217 Å². The highest BCUT2D eigenvalue weighted by Crippen LogP contribution is 2.19. The van der Waals surface area contributed by atoms with Gasteiger partial charge in [0.1, 0.15) is 18.2 Å². The molecule has 2 aromatic carbocycles. The van der Waals surface area contributed by atoms with Crippen molar-refractivity contribution in [1.82, 2.24) is 15.2 Å². The summed E-state index contributed by atoms with van der Waals surface area (Å²) in [5.41, 5.74) is 9.72. The summed E-state index contributed by atoms with van der Waals surface area (Å²) in [7, 11) is 0. The van der Waals surface area contributed by atoms with E-state index < -0.39 is 6.09 Å². The van der Waals surface area contributed by atoms with E-state index in [2.05, 4.69) is 16.4 Å². The van der Waals surface area contributed by atoms with Crippen LogP contribution < -0.4 is 11.1 Å². The Hall–Kier alpha value is -3.49. The summed E-state index contributed by atoms with van der Waals surface area (Å²) in [6.07, 6.45) is 0.886. The smallest absolute Gasteiger partial charge is 0.410 e. The van der Waals surface area contributed by atoms with Crippen LogP contribution in [0.25, 0.3) is 0 Å². The molecule has 1 aromatic heterocycles. The van der Waals surface area contributed by atoms with Crippen LogP contribution in [0.2, 0.25) is 0 Å². The number of rotatable bonds is 11. The second-order valence-electron chi connectivity index (χ2n) is 9.50. The highest BCUT2D eigenvalue weighted by atomic mass is 19.1. The lowest BCUT2D eigenvalue weighted by atomic mass is 9.99. The molecule has 1 fully saturated rings. The quantitative estimate of drug-likeness (QED) is 0.406. The second kappa shape index (κ2) is 13.2. The average Bonchev–Trinajstić information content (AvgIpc) is 3.31. The number of aromatic nitrogens is 1. The number of aryl methyl sites for hydroxylation is 1. The van der Waals surface area contributed by atoms with Crippen molar-refractivity contribution in [2.45, 2.75) is 32.5 Å². The molecular weight excluding hydrogens is 471 g/mol. The molecule has 4 rings (SSSR count). The standard InChI is InChI=1S/C29H35FN4O3/c1-21-14-26(33-28(31)15-21)17-24-18-32-19-27(24)36-13-12-34(11-10-22-8-5-9-25(30)16-22)29(35)37-20-23-6-3-2-4-7-23/h2-9,14-16,24,27,32H,10-13,17-20H2,1H3,(H2,31,33)/t24-,27+/m1/s1. The highest BCUT2D eigenvalue weighted by Gasteiger charge is 2.29. The van der Waals surface area contributed by atoms with Crippen LogP contribution in [0.1, 0.15) is 22.4 Å². The predicted molar refractivity (Wildman–Crippen MR) is 141 cm³/mol. The van der Waals surface area contributed by atoms with Crippen molar-refractivity contribution < 1.29 is 18.7 Å². The van der Waals surface area contributed by atoms with Crippen LogP contribution in [0, 0.1) is 18.7 Å². The lowest BCUT2D eigenvalue weighted by Gasteiger charge is -2.24. The molecular formula is C29H35FN4O3. The molecule has 0 radical (unpaired) electrons. The number of hydrogen-bond acceptors (Lipinski definition) is 6. The number of nitrogens with zero attached hydrogens (tertiary/aromatic N) is 2. The molecule has 1 aliphatic rings. The summed E-state index contributed by atoms with van der Waals surface area (Å²) in [5.74, 6) is 0.504. The lowest BCUT2D eigenvalue weighted by Crippen LogP contribution is -2.37. The molecule has 8 heteroatoms. The van der Waals surface area contributed by atoms with Crippen LogP contribution in [0.3, 0.4) is 0 Å². The minimum absolute atomic E-state index is 0.00828. The maximum absolute atomic E-state index is 13.6. The zero-order valence-corrected chi connectivity index (χ0v) is 21.2. The first-order chi connectivity index (χ1) is 18.0. The Morgan fingerprint density at radius 1 is 1.08 bits per heavy atom. The van der Waals surface area contributed by atoms with E-state index in [1.54, 1.807) is 11.0 Å². The van der Waals surface area contributed by atoms with Crippen molar-refractivity contribution in [1.29, 1.82) is 0 Å². The van der Waals surface area contributed by atoms with E-state index in [-0.39, 0.29) is 24.4 Å². The van der Waals surface area contributed by atoms with Crippen molar-refractivity contribution in [2.75, 3.05) is 38.5 Å². The number of nitrogens with one attached hydrogen (secondary N) is 1. The van der Waals surface area contributed by atoms with Crippen LogP contribution in [-0.2, 0) is 28.9 Å². The van der Waals surface area contributed by atoms with Gasteiger partial charge in [-0.2, -0.15) is 0 Å². The number of hydrogen-bond donors (Lipinski definition) is 2. The summed E-state index contributed by atoms with van der Waals surface area (Å²) in [5, 5.41) is 3.40. The molecule has 0 spiro atoms. The fourth-order valence-corrected chi connectivity index (χ4v) is 4.62. The van der Waals surface area contributed by atoms with Gasteiger partial charge in [0.25, 0.3) is 0 Å². The topological polar surface area (TPSA) is 89.7 Å². The van der Waals surface area contributed by atoms with Crippen LogP contribution in [0.15, 0.2) is 66.7 Å². The van der Waals surface area contributed by atoms with E-state index in [9.17, 15) is 9.18 Å². The lowest BCUT2D eigenvalue weighted by molar-refractivity contribution is 0.0207. The molecule has 7 nitrogen and oxygen atoms in total. The third kappa shape index (κ3) is 8.27. The Balaban J connectivity index is 1.33. The van der Waals surface area contributed by atoms with E-state index in [1.807, 2.05) is 49.4 Å². The molecule has 0 unspecified atom stereocenters. The fraction of sp³-hybridized carbons (Fsp3) is 0.379. The molecule has 0 aliphatic carbocycles. The molecule has 2 heterocycles.